The number of phosphoric acid groups is 1. The third-order valence-corrected chi connectivity index (χ3v) is 2.62. The Morgan fingerprint density at radius 2 is 2.00 bits per heavy atom. The first-order valence-corrected chi connectivity index (χ1v) is 6.13. The van der Waals surface area contributed by atoms with Crippen molar-refractivity contribution in [3.63, 3.8) is 0 Å². The average molecular weight is 224 g/mol. The summed E-state index contributed by atoms with van der Waals surface area (Å²) >= 11 is 0. The topological polar surface area (TPSA) is 58.8 Å². The first kappa shape index (κ1) is 13.8. The molecule has 0 rings (SSSR count). The maximum atomic E-state index is 11.1. The normalized spacial score (nSPS) is 16.7. The van der Waals surface area contributed by atoms with E-state index in [1.807, 2.05) is 31.7 Å². The van der Waals surface area contributed by atoms with Gasteiger partial charge in [-0.3, -0.25) is 9.05 Å². The quantitative estimate of drug-likeness (QED) is 0.402. The Balaban J connectivity index is 3.71. The molecule has 0 aliphatic carbocycles. The van der Waals surface area contributed by atoms with Crippen molar-refractivity contribution in [2.75, 3.05) is 26.8 Å². The van der Waals surface area contributed by atoms with Crippen LogP contribution in [0.5, 0.6) is 0 Å². The van der Waals surface area contributed by atoms with Crippen molar-refractivity contribution in [1.29, 1.82) is 0 Å². The second-order valence-electron chi connectivity index (χ2n) is 2.87. The zero-order valence-electron chi connectivity index (χ0n) is 8.97. The van der Waals surface area contributed by atoms with Crippen molar-refractivity contribution in [2.24, 2.45) is 0 Å². The van der Waals surface area contributed by atoms with Crippen LogP contribution in [0.25, 0.3) is 0 Å². The van der Waals surface area contributed by atoms with Gasteiger partial charge in [0, 0.05) is 6.92 Å². The van der Waals surface area contributed by atoms with E-state index < -0.39 is 7.82 Å². The Morgan fingerprint density at radius 1 is 1.43 bits per heavy atom. The van der Waals surface area contributed by atoms with E-state index in [9.17, 15) is 4.57 Å². The maximum absolute atomic E-state index is 11.1. The van der Waals surface area contributed by atoms with Crippen LogP contribution in [0, 0.1) is 0 Å². The van der Waals surface area contributed by atoms with Crippen LogP contribution in [0.3, 0.4) is 0 Å². The fourth-order valence-electron chi connectivity index (χ4n) is 0.673. The summed E-state index contributed by atoms with van der Waals surface area (Å²) in [4.78, 5) is 9.11. The highest BCUT2D eigenvalue weighted by atomic mass is 31.2. The van der Waals surface area contributed by atoms with Gasteiger partial charge in [0.2, 0.25) is 0 Å². The predicted octanol–water partition coefficient (Wildman–Crippen LogP) is 1.26. The highest BCUT2D eigenvalue weighted by Crippen LogP contribution is 2.42. The Morgan fingerprint density at radius 3 is 2.50 bits per heavy atom. The zero-order chi connectivity index (χ0) is 11.0. The first-order valence-electron chi connectivity index (χ1n) is 4.63. The Hall–Kier alpha value is -0.220. The SMILES string of the molecule is C/C=[N+](/C)CCOP(=O)(O)OCCC. The molecule has 5 nitrogen and oxygen atoms in total. The van der Waals surface area contributed by atoms with E-state index in [0.717, 1.165) is 0 Å². The van der Waals surface area contributed by atoms with Gasteiger partial charge in [-0.15, -0.1) is 0 Å². The largest absolute Gasteiger partial charge is 0.472 e. The van der Waals surface area contributed by atoms with Crippen LogP contribution in [-0.4, -0.2) is 42.5 Å². The van der Waals surface area contributed by atoms with E-state index in [4.69, 9.17) is 9.42 Å². The van der Waals surface area contributed by atoms with Crippen LogP contribution in [-0.2, 0) is 13.6 Å². The molecule has 0 aromatic heterocycles. The van der Waals surface area contributed by atoms with Gasteiger partial charge in [0.1, 0.15) is 19.9 Å². The van der Waals surface area contributed by atoms with Crippen LogP contribution in [0.4, 0.5) is 0 Å². The zero-order valence-corrected chi connectivity index (χ0v) is 9.87. The lowest BCUT2D eigenvalue weighted by Crippen LogP contribution is -2.13. The van der Waals surface area contributed by atoms with E-state index in [-0.39, 0.29) is 13.2 Å². The lowest BCUT2D eigenvalue weighted by molar-refractivity contribution is -0.494. The van der Waals surface area contributed by atoms with E-state index >= 15 is 0 Å². The maximum Gasteiger partial charge on any atom is 0.472 e. The molecule has 0 bridgehead atoms. The van der Waals surface area contributed by atoms with Gasteiger partial charge in [-0.05, 0) is 6.42 Å². The third-order valence-electron chi connectivity index (χ3n) is 1.60. The van der Waals surface area contributed by atoms with Crippen molar-refractivity contribution >= 4 is 14.0 Å². The minimum absolute atomic E-state index is 0.179. The van der Waals surface area contributed by atoms with Crippen LogP contribution in [0.2, 0.25) is 0 Å². The standard InChI is InChI=1S/C8H18NO4P/c1-4-7-12-14(10,11)13-8-6-9(3)5-2/h5H,4,6-8H2,1-3H3/p+1/b9-5-. The molecule has 1 atom stereocenters. The number of nitrogens with zero attached hydrogens (tertiary/aromatic N) is 1. The first-order chi connectivity index (χ1) is 6.52. The smallest absolute Gasteiger partial charge is 0.302 e. The predicted molar refractivity (Wildman–Crippen MR) is 54.8 cm³/mol. The number of hydrogen-bond donors (Lipinski definition) is 1. The summed E-state index contributed by atoms with van der Waals surface area (Å²) in [5.41, 5.74) is 0. The molecule has 6 heteroatoms. The van der Waals surface area contributed by atoms with Gasteiger partial charge in [-0.25, -0.2) is 9.14 Å². The molecule has 0 aliphatic heterocycles. The molecule has 0 amide bonds. The number of hydrogen-bond acceptors (Lipinski definition) is 3. The molecule has 0 saturated carbocycles. The van der Waals surface area contributed by atoms with Crippen LogP contribution in [0.1, 0.15) is 20.3 Å². The summed E-state index contributed by atoms with van der Waals surface area (Å²) in [6.07, 6.45) is 2.55. The highest BCUT2D eigenvalue weighted by molar-refractivity contribution is 7.47. The van der Waals surface area contributed by atoms with Crippen LogP contribution < -0.4 is 0 Å². The molecule has 1 unspecified atom stereocenters. The van der Waals surface area contributed by atoms with Crippen LogP contribution >= 0.6 is 7.82 Å². The fraction of sp³-hybridized carbons (Fsp3) is 0.875. The van der Waals surface area contributed by atoms with E-state index in [1.165, 1.54) is 0 Å². The fourth-order valence-corrected chi connectivity index (χ4v) is 1.47. The molecule has 84 valence electrons. The van der Waals surface area contributed by atoms with Gasteiger partial charge in [0.25, 0.3) is 0 Å². The monoisotopic (exact) mass is 224 g/mol. The lowest BCUT2D eigenvalue weighted by atomic mass is 10.5. The molecular formula is C8H19NO4P+. The van der Waals surface area contributed by atoms with Crippen molar-refractivity contribution in [1.82, 2.24) is 0 Å². The molecule has 14 heavy (non-hydrogen) atoms. The number of phosphoric ester groups is 1. The average Bonchev–Trinajstić information content (AvgIpc) is 2.14. The molecule has 0 fully saturated rings. The molecule has 0 heterocycles. The van der Waals surface area contributed by atoms with Crippen molar-refractivity contribution in [3.05, 3.63) is 0 Å². The summed E-state index contributed by atoms with van der Waals surface area (Å²) < 4.78 is 22.4. The second kappa shape index (κ2) is 7.12. The molecular weight excluding hydrogens is 205 g/mol. The Bertz CT molecular complexity index is 229. The van der Waals surface area contributed by atoms with Crippen molar-refractivity contribution in [2.45, 2.75) is 20.3 Å². The van der Waals surface area contributed by atoms with Gasteiger partial charge in [0.15, 0.2) is 6.54 Å². The molecule has 1 N–H and O–H groups in total. The molecule has 0 aromatic rings. The van der Waals surface area contributed by atoms with E-state index in [0.29, 0.717) is 13.0 Å². The molecule has 0 aromatic carbocycles. The van der Waals surface area contributed by atoms with E-state index in [1.54, 1.807) is 0 Å². The Kier molecular flexibility index (Phi) is 7.01. The van der Waals surface area contributed by atoms with Gasteiger partial charge in [-0.1, -0.05) is 6.92 Å². The summed E-state index contributed by atoms with van der Waals surface area (Å²) in [7, 11) is -1.96. The van der Waals surface area contributed by atoms with Gasteiger partial charge in [0.05, 0.1) is 6.61 Å². The number of rotatable bonds is 7. The van der Waals surface area contributed by atoms with Gasteiger partial charge >= 0.3 is 7.82 Å². The minimum Gasteiger partial charge on any atom is -0.302 e. The molecule has 0 radical (unpaired) electrons. The molecule has 0 aliphatic rings. The van der Waals surface area contributed by atoms with Crippen molar-refractivity contribution < 1.29 is 23.1 Å². The van der Waals surface area contributed by atoms with Crippen LogP contribution in [0.15, 0.2) is 0 Å². The summed E-state index contributed by atoms with van der Waals surface area (Å²) in [6.45, 7) is 4.73. The Labute approximate surface area is 85.0 Å². The number of likely N-dealkylation sites (N-methyl/N-ethyl adjacent to an activating group) is 1. The van der Waals surface area contributed by atoms with Gasteiger partial charge < -0.3 is 4.89 Å². The summed E-state index contributed by atoms with van der Waals surface area (Å²) in [6, 6.07) is 0. The second-order valence-corrected chi connectivity index (χ2v) is 4.33. The molecule has 0 saturated heterocycles. The summed E-state index contributed by atoms with van der Waals surface area (Å²) in [5, 5.41) is 0. The highest BCUT2D eigenvalue weighted by Gasteiger charge is 2.20. The van der Waals surface area contributed by atoms with Crippen molar-refractivity contribution in [3.8, 4) is 0 Å². The lowest BCUT2D eigenvalue weighted by Gasteiger charge is -2.10. The third kappa shape index (κ3) is 7.21. The van der Waals surface area contributed by atoms with E-state index in [2.05, 4.69) is 4.52 Å². The minimum atomic E-state index is -3.82. The molecule has 0 spiro atoms. The summed E-state index contributed by atoms with van der Waals surface area (Å²) in [5.74, 6) is 0. The van der Waals surface area contributed by atoms with Gasteiger partial charge in [-0.2, -0.15) is 0 Å².